The van der Waals surface area contributed by atoms with E-state index >= 15 is 0 Å². The van der Waals surface area contributed by atoms with Crippen LogP contribution < -0.4 is 0 Å². The highest BCUT2D eigenvalue weighted by atomic mass is 32.1. The van der Waals surface area contributed by atoms with Gasteiger partial charge in [0.1, 0.15) is 0 Å². The van der Waals surface area contributed by atoms with Gasteiger partial charge >= 0.3 is 5.97 Å². The molecule has 14 heavy (non-hydrogen) atoms. The SMILES string of the molecule is CCc1nc2ccc(C(=O)O)cc2s1. The van der Waals surface area contributed by atoms with Crippen LogP contribution in [0.5, 0.6) is 0 Å². The molecule has 3 nitrogen and oxygen atoms in total. The molecule has 4 heteroatoms. The number of aromatic nitrogens is 1. The Balaban J connectivity index is 2.59. The van der Waals surface area contributed by atoms with Crippen molar-refractivity contribution in [3.63, 3.8) is 0 Å². The second-order valence-electron chi connectivity index (χ2n) is 2.95. The van der Waals surface area contributed by atoms with Gasteiger partial charge in [0.2, 0.25) is 0 Å². The Morgan fingerprint density at radius 1 is 1.57 bits per heavy atom. The molecule has 1 heterocycles. The van der Waals surface area contributed by atoms with Crippen LogP contribution in [0.4, 0.5) is 0 Å². The van der Waals surface area contributed by atoms with Crippen molar-refractivity contribution < 1.29 is 9.90 Å². The minimum Gasteiger partial charge on any atom is -0.478 e. The van der Waals surface area contributed by atoms with Crippen LogP contribution in [0.25, 0.3) is 10.2 Å². The number of carboxylic acids is 1. The molecule has 0 spiro atoms. The van der Waals surface area contributed by atoms with Gasteiger partial charge in [0.15, 0.2) is 0 Å². The number of nitrogens with zero attached hydrogens (tertiary/aromatic N) is 1. The van der Waals surface area contributed by atoms with Crippen molar-refractivity contribution in [2.75, 3.05) is 0 Å². The summed E-state index contributed by atoms with van der Waals surface area (Å²) in [4.78, 5) is 15.1. The molecule has 0 aliphatic carbocycles. The molecule has 0 aliphatic rings. The van der Waals surface area contributed by atoms with Crippen molar-refractivity contribution in [2.24, 2.45) is 0 Å². The number of carboxylic acid groups (broad SMARTS) is 1. The van der Waals surface area contributed by atoms with Crippen molar-refractivity contribution in [3.8, 4) is 0 Å². The molecule has 2 aromatic rings. The number of hydrogen-bond donors (Lipinski definition) is 1. The van der Waals surface area contributed by atoms with Gasteiger partial charge in [0.05, 0.1) is 20.8 Å². The fourth-order valence-electron chi connectivity index (χ4n) is 1.26. The van der Waals surface area contributed by atoms with Crippen molar-refractivity contribution in [2.45, 2.75) is 13.3 Å². The van der Waals surface area contributed by atoms with Crippen LogP contribution in [-0.4, -0.2) is 16.1 Å². The summed E-state index contributed by atoms with van der Waals surface area (Å²) in [5, 5.41) is 9.84. The van der Waals surface area contributed by atoms with E-state index in [1.165, 1.54) is 0 Å². The van der Waals surface area contributed by atoms with E-state index in [0.29, 0.717) is 5.56 Å². The van der Waals surface area contributed by atoms with Gasteiger partial charge in [-0.05, 0) is 24.6 Å². The number of thiazole rings is 1. The molecule has 72 valence electrons. The molecule has 0 bridgehead atoms. The van der Waals surface area contributed by atoms with E-state index in [2.05, 4.69) is 4.98 Å². The molecule has 0 saturated heterocycles. The number of carbonyl (C=O) groups is 1. The number of hydrogen-bond acceptors (Lipinski definition) is 3. The van der Waals surface area contributed by atoms with Gasteiger partial charge in [-0.2, -0.15) is 0 Å². The zero-order valence-corrected chi connectivity index (χ0v) is 8.47. The van der Waals surface area contributed by atoms with Crippen molar-refractivity contribution >= 4 is 27.5 Å². The average molecular weight is 207 g/mol. The largest absolute Gasteiger partial charge is 0.478 e. The van der Waals surface area contributed by atoms with E-state index in [4.69, 9.17) is 5.11 Å². The minimum atomic E-state index is -0.890. The summed E-state index contributed by atoms with van der Waals surface area (Å²) < 4.78 is 0.946. The zero-order chi connectivity index (χ0) is 10.1. The number of aromatic carboxylic acids is 1. The standard InChI is InChI=1S/C10H9NO2S/c1-2-9-11-7-4-3-6(10(12)13)5-8(7)14-9/h3-5H,2H2,1H3,(H,12,13). The normalized spacial score (nSPS) is 10.6. The smallest absolute Gasteiger partial charge is 0.335 e. The zero-order valence-electron chi connectivity index (χ0n) is 7.65. The predicted octanol–water partition coefficient (Wildman–Crippen LogP) is 2.56. The maximum Gasteiger partial charge on any atom is 0.335 e. The van der Waals surface area contributed by atoms with Crippen molar-refractivity contribution in [3.05, 3.63) is 28.8 Å². The first-order valence-corrected chi connectivity index (χ1v) is 5.15. The highest BCUT2D eigenvalue weighted by Crippen LogP contribution is 2.23. The molecule has 0 radical (unpaired) electrons. The topological polar surface area (TPSA) is 50.2 Å². The second-order valence-corrected chi connectivity index (χ2v) is 4.06. The molecule has 0 fully saturated rings. The number of aryl methyl sites for hydroxylation is 1. The second kappa shape index (κ2) is 3.38. The van der Waals surface area contributed by atoms with Crippen LogP contribution in [0.1, 0.15) is 22.3 Å². The third kappa shape index (κ3) is 1.48. The molecular formula is C10H9NO2S. The lowest BCUT2D eigenvalue weighted by Gasteiger charge is -1.91. The van der Waals surface area contributed by atoms with Gasteiger partial charge in [-0.15, -0.1) is 11.3 Å². The van der Waals surface area contributed by atoms with Gasteiger partial charge in [-0.3, -0.25) is 0 Å². The Hall–Kier alpha value is -1.42. The molecule has 0 saturated carbocycles. The quantitative estimate of drug-likeness (QED) is 0.823. The Bertz CT molecular complexity index is 490. The van der Waals surface area contributed by atoms with E-state index in [-0.39, 0.29) is 0 Å². The Morgan fingerprint density at radius 3 is 3.00 bits per heavy atom. The van der Waals surface area contributed by atoms with Crippen molar-refractivity contribution in [1.82, 2.24) is 4.98 Å². The minimum absolute atomic E-state index is 0.323. The first kappa shape index (κ1) is 9.15. The third-order valence-electron chi connectivity index (χ3n) is 1.98. The molecular weight excluding hydrogens is 198 g/mol. The summed E-state index contributed by atoms with van der Waals surface area (Å²) in [5.41, 5.74) is 1.21. The Kier molecular flexibility index (Phi) is 2.21. The van der Waals surface area contributed by atoms with Crippen LogP contribution >= 0.6 is 11.3 Å². The number of fused-ring (bicyclic) bond motifs is 1. The Morgan fingerprint density at radius 2 is 2.36 bits per heavy atom. The van der Waals surface area contributed by atoms with Crippen LogP contribution in [0.3, 0.4) is 0 Å². The van der Waals surface area contributed by atoms with Crippen LogP contribution in [0.15, 0.2) is 18.2 Å². The number of benzene rings is 1. The van der Waals surface area contributed by atoms with Crippen LogP contribution in [0.2, 0.25) is 0 Å². The molecule has 1 aromatic carbocycles. The van der Waals surface area contributed by atoms with Gasteiger partial charge in [0.25, 0.3) is 0 Å². The van der Waals surface area contributed by atoms with E-state index in [9.17, 15) is 4.79 Å². The van der Waals surface area contributed by atoms with E-state index in [1.54, 1.807) is 29.5 Å². The molecule has 0 atom stereocenters. The summed E-state index contributed by atoms with van der Waals surface area (Å²) in [7, 11) is 0. The predicted molar refractivity (Wildman–Crippen MR) is 56.0 cm³/mol. The highest BCUT2D eigenvalue weighted by Gasteiger charge is 2.06. The molecule has 2 rings (SSSR count). The summed E-state index contributed by atoms with van der Waals surface area (Å²) in [5.74, 6) is -0.890. The molecule has 1 N–H and O–H groups in total. The summed E-state index contributed by atoms with van der Waals surface area (Å²) in [6.07, 6.45) is 0.891. The fourth-order valence-corrected chi connectivity index (χ4v) is 2.20. The van der Waals surface area contributed by atoms with Gasteiger partial charge < -0.3 is 5.11 Å². The maximum absolute atomic E-state index is 10.7. The molecule has 0 amide bonds. The van der Waals surface area contributed by atoms with E-state index < -0.39 is 5.97 Å². The molecule has 0 aliphatic heterocycles. The third-order valence-corrected chi connectivity index (χ3v) is 3.14. The van der Waals surface area contributed by atoms with Gasteiger partial charge in [-0.25, -0.2) is 9.78 Å². The monoisotopic (exact) mass is 207 g/mol. The van der Waals surface area contributed by atoms with Crippen LogP contribution in [-0.2, 0) is 6.42 Å². The lowest BCUT2D eigenvalue weighted by molar-refractivity contribution is 0.0697. The lowest BCUT2D eigenvalue weighted by Crippen LogP contribution is -1.94. The Labute approximate surface area is 85.0 Å². The summed E-state index contributed by atoms with van der Waals surface area (Å²) in [6.45, 7) is 2.04. The first-order chi connectivity index (χ1) is 6.70. The molecule has 0 unspecified atom stereocenters. The van der Waals surface area contributed by atoms with Gasteiger partial charge in [0, 0.05) is 0 Å². The van der Waals surface area contributed by atoms with Gasteiger partial charge in [-0.1, -0.05) is 6.92 Å². The number of rotatable bonds is 2. The van der Waals surface area contributed by atoms with Crippen molar-refractivity contribution in [1.29, 1.82) is 0 Å². The summed E-state index contributed by atoms with van der Waals surface area (Å²) in [6, 6.07) is 5.02. The van der Waals surface area contributed by atoms with E-state index in [1.807, 2.05) is 6.92 Å². The molecule has 1 aromatic heterocycles. The average Bonchev–Trinajstić information content (AvgIpc) is 2.58. The summed E-state index contributed by atoms with van der Waals surface area (Å²) >= 11 is 1.55. The highest BCUT2D eigenvalue weighted by molar-refractivity contribution is 7.18. The lowest BCUT2D eigenvalue weighted by atomic mass is 10.2. The first-order valence-electron chi connectivity index (χ1n) is 4.33. The maximum atomic E-state index is 10.7. The van der Waals surface area contributed by atoms with E-state index in [0.717, 1.165) is 21.6 Å². The van der Waals surface area contributed by atoms with Crippen LogP contribution in [0, 0.1) is 0 Å². The fraction of sp³-hybridized carbons (Fsp3) is 0.200.